The maximum atomic E-state index is 13.2. The molecule has 150 valence electrons. The molecular formula is C17H19F3N6O2. The van der Waals surface area contributed by atoms with Crippen LogP contribution in [0.25, 0.3) is 0 Å². The summed E-state index contributed by atoms with van der Waals surface area (Å²) in [4.78, 5) is 30.0. The molecule has 0 spiro atoms. The summed E-state index contributed by atoms with van der Waals surface area (Å²) >= 11 is 0. The number of anilines is 3. The Morgan fingerprint density at radius 1 is 1.11 bits per heavy atom. The van der Waals surface area contributed by atoms with Crippen LogP contribution in [0.5, 0.6) is 0 Å². The molecular weight excluding hydrogens is 377 g/mol. The first-order chi connectivity index (χ1) is 13.2. The van der Waals surface area contributed by atoms with Gasteiger partial charge in [-0.25, -0.2) is 4.98 Å². The molecule has 2 amide bonds. The van der Waals surface area contributed by atoms with Crippen LogP contribution < -0.4 is 21.3 Å². The Morgan fingerprint density at radius 3 is 2.36 bits per heavy atom. The molecule has 2 rings (SSSR count). The lowest BCUT2D eigenvalue weighted by Crippen LogP contribution is -2.27. The van der Waals surface area contributed by atoms with E-state index in [2.05, 4.69) is 31.2 Å². The maximum Gasteiger partial charge on any atom is 0.421 e. The third-order valence-electron chi connectivity index (χ3n) is 3.52. The maximum absolute atomic E-state index is 13.2. The van der Waals surface area contributed by atoms with Gasteiger partial charge in [0.2, 0.25) is 11.9 Å². The topological polar surface area (TPSA) is 108 Å². The number of amides is 2. The first-order valence-corrected chi connectivity index (χ1v) is 8.22. The van der Waals surface area contributed by atoms with Crippen molar-refractivity contribution >= 4 is 29.3 Å². The lowest BCUT2D eigenvalue weighted by molar-refractivity contribution is -0.137. The van der Waals surface area contributed by atoms with Crippen molar-refractivity contribution in [2.45, 2.75) is 13.1 Å². The Labute approximate surface area is 159 Å². The van der Waals surface area contributed by atoms with Gasteiger partial charge >= 0.3 is 6.18 Å². The highest BCUT2D eigenvalue weighted by Gasteiger charge is 2.35. The summed E-state index contributed by atoms with van der Waals surface area (Å²) < 4.78 is 39.5. The fourth-order valence-corrected chi connectivity index (χ4v) is 2.18. The smallest absolute Gasteiger partial charge is 0.368 e. The van der Waals surface area contributed by atoms with E-state index in [4.69, 9.17) is 0 Å². The molecule has 1 aromatic carbocycles. The predicted molar refractivity (Wildman–Crippen MR) is 97.3 cm³/mol. The Kier molecular flexibility index (Phi) is 6.74. The molecule has 1 aromatic heterocycles. The summed E-state index contributed by atoms with van der Waals surface area (Å²) in [6.07, 6.45) is -3.96. The zero-order valence-electron chi connectivity index (χ0n) is 15.1. The number of benzene rings is 1. The van der Waals surface area contributed by atoms with E-state index in [1.807, 2.05) is 0 Å². The average molecular weight is 396 g/mol. The van der Waals surface area contributed by atoms with Crippen molar-refractivity contribution in [3.63, 3.8) is 0 Å². The first-order valence-electron chi connectivity index (χ1n) is 8.22. The van der Waals surface area contributed by atoms with E-state index in [-0.39, 0.29) is 30.9 Å². The zero-order chi connectivity index (χ0) is 20.7. The third-order valence-corrected chi connectivity index (χ3v) is 3.52. The van der Waals surface area contributed by atoms with Crippen LogP contribution in [-0.2, 0) is 11.0 Å². The lowest BCUT2D eigenvalue weighted by Gasteiger charge is -2.15. The number of nitrogens with one attached hydrogen (secondary N) is 4. The summed E-state index contributed by atoms with van der Waals surface area (Å²) in [6, 6.07) is 6.26. The van der Waals surface area contributed by atoms with Crippen LogP contribution in [0.3, 0.4) is 0 Å². The van der Waals surface area contributed by atoms with E-state index in [0.717, 1.165) is 0 Å². The van der Waals surface area contributed by atoms with Crippen molar-refractivity contribution in [1.82, 2.24) is 20.6 Å². The monoisotopic (exact) mass is 396 g/mol. The molecule has 2 aromatic rings. The van der Waals surface area contributed by atoms with Crippen molar-refractivity contribution in [1.29, 1.82) is 0 Å². The molecule has 0 radical (unpaired) electrons. The number of rotatable bonds is 7. The van der Waals surface area contributed by atoms with E-state index in [9.17, 15) is 22.8 Å². The van der Waals surface area contributed by atoms with Gasteiger partial charge < -0.3 is 21.3 Å². The molecule has 0 saturated carbocycles. The summed E-state index contributed by atoms with van der Waals surface area (Å²) in [5.41, 5.74) is -0.0887. The summed E-state index contributed by atoms with van der Waals surface area (Å²) in [5, 5.41) is 10.3. The van der Waals surface area contributed by atoms with Crippen LogP contribution in [0.15, 0.2) is 30.5 Å². The second-order valence-corrected chi connectivity index (χ2v) is 5.64. The molecule has 0 aliphatic heterocycles. The molecule has 4 N–H and O–H groups in total. The van der Waals surface area contributed by atoms with Gasteiger partial charge in [0.05, 0.1) is 0 Å². The minimum Gasteiger partial charge on any atom is -0.368 e. The number of aromatic nitrogens is 2. The number of nitrogens with zero attached hydrogens (tertiary/aromatic N) is 2. The van der Waals surface area contributed by atoms with Crippen LogP contribution in [0.4, 0.5) is 30.6 Å². The van der Waals surface area contributed by atoms with E-state index in [1.165, 1.54) is 14.0 Å². The Bertz CT molecular complexity index is 840. The molecule has 1 heterocycles. The minimum atomic E-state index is -4.63. The van der Waals surface area contributed by atoms with Crippen molar-refractivity contribution < 1.29 is 22.8 Å². The Morgan fingerprint density at radius 2 is 1.79 bits per heavy atom. The normalized spacial score (nSPS) is 10.9. The van der Waals surface area contributed by atoms with E-state index in [0.29, 0.717) is 17.4 Å². The van der Waals surface area contributed by atoms with Crippen LogP contribution in [0.2, 0.25) is 0 Å². The van der Waals surface area contributed by atoms with Crippen LogP contribution in [0, 0.1) is 0 Å². The molecule has 0 atom stereocenters. The molecule has 0 aliphatic rings. The highest BCUT2D eigenvalue weighted by molar-refractivity contribution is 5.94. The second kappa shape index (κ2) is 9.02. The lowest BCUT2D eigenvalue weighted by atomic mass is 10.2. The number of carbonyl (C=O) groups excluding carboxylic acids is 2. The fourth-order valence-electron chi connectivity index (χ4n) is 2.18. The molecule has 8 nitrogen and oxygen atoms in total. The van der Waals surface area contributed by atoms with Gasteiger partial charge in [0.25, 0.3) is 5.91 Å². The standard InChI is InChI=1S/C17H19F3N6O2/c1-10(27)22-7-8-23-14-13(17(18,19)20)9-24-16(26-14)25-12-5-3-11(4-6-12)15(28)21-2/h3-6,9H,7-8H2,1-2H3,(H,21,28)(H,22,27)(H2,23,24,25,26). The molecule has 11 heteroatoms. The van der Waals surface area contributed by atoms with Crippen molar-refractivity contribution in [3.8, 4) is 0 Å². The SMILES string of the molecule is CNC(=O)c1ccc(Nc2ncc(C(F)(F)F)c(NCCNC(C)=O)n2)cc1. The van der Waals surface area contributed by atoms with Crippen molar-refractivity contribution in [3.05, 3.63) is 41.6 Å². The second-order valence-electron chi connectivity index (χ2n) is 5.64. The highest BCUT2D eigenvalue weighted by Crippen LogP contribution is 2.34. The van der Waals surface area contributed by atoms with Crippen LogP contribution in [-0.4, -0.2) is 41.9 Å². The van der Waals surface area contributed by atoms with Gasteiger partial charge in [0, 0.05) is 44.5 Å². The van der Waals surface area contributed by atoms with Gasteiger partial charge in [-0.2, -0.15) is 18.2 Å². The minimum absolute atomic E-state index is 0.0530. The number of carbonyl (C=O) groups is 2. The number of halogens is 3. The Hall–Kier alpha value is -3.37. The molecule has 0 unspecified atom stereocenters. The molecule has 0 aliphatic carbocycles. The number of hydrogen-bond donors (Lipinski definition) is 4. The summed E-state index contributed by atoms with van der Waals surface area (Å²) in [7, 11) is 1.50. The number of alkyl halides is 3. The van der Waals surface area contributed by atoms with Gasteiger partial charge in [-0.1, -0.05) is 0 Å². The van der Waals surface area contributed by atoms with Gasteiger partial charge in [-0.05, 0) is 24.3 Å². The third kappa shape index (κ3) is 5.83. The molecule has 0 bridgehead atoms. The van der Waals surface area contributed by atoms with Gasteiger partial charge in [0.1, 0.15) is 11.4 Å². The highest BCUT2D eigenvalue weighted by atomic mass is 19.4. The quantitative estimate of drug-likeness (QED) is 0.534. The molecule has 0 saturated heterocycles. The summed E-state index contributed by atoms with van der Waals surface area (Å²) in [5.74, 6) is -1.01. The van der Waals surface area contributed by atoms with E-state index >= 15 is 0 Å². The average Bonchev–Trinajstić information content (AvgIpc) is 2.64. The van der Waals surface area contributed by atoms with E-state index in [1.54, 1.807) is 24.3 Å². The fraction of sp³-hybridized carbons (Fsp3) is 0.294. The predicted octanol–water partition coefficient (Wildman–Crippen LogP) is 2.15. The molecule has 28 heavy (non-hydrogen) atoms. The first kappa shape index (κ1) is 20.9. The summed E-state index contributed by atoms with van der Waals surface area (Å²) in [6.45, 7) is 1.50. The van der Waals surface area contributed by atoms with Crippen molar-refractivity contribution in [2.75, 3.05) is 30.8 Å². The number of hydrogen-bond acceptors (Lipinski definition) is 6. The Balaban J connectivity index is 2.17. The van der Waals surface area contributed by atoms with Crippen LogP contribution >= 0.6 is 0 Å². The molecule has 0 fully saturated rings. The van der Waals surface area contributed by atoms with Gasteiger partial charge in [-0.3, -0.25) is 9.59 Å². The van der Waals surface area contributed by atoms with E-state index < -0.39 is 17.6 Å². The van der Waals surface area contributed by atoms with Gasteiger partial charge in [0.15, 0.2) is 0 Å². The largest absolute Gasteiger partial charge is 0.421 e. The van der Waals surface area contributed by atoms with Crippen LogP contribution in [0.1, 0.15) is 22.8 Å². The van der Waals surface area contributed by atoms with Crippen molar-refractivity contribution in [2.24, 2.45) is 0 Å². The zero-order valence-corrected chi connectivity index (χ0v) is 15.1. The van der Waals surface area contributed by atoms with Gasteiger partial charge in [-0.15, -0.1) is 0 Å².